The van der Waals surface area contributed by atoms with Crippen molar-refractivity contribution in [3.8, 4) is 6.07 Å². The first-order valence-corrected chi connectivity index (χ1v) is 8.30. The van der Waals surface area contributed by atoms with Gasteiger partial charge in [0.1, 0.15) is 17.1 Å². The molecule has 1 fully saturated rings. The van der Waals surface area contributed by atoms with Gasteiger partial charge in [-0.15, -0.1) is 0 Å². The van der Waals surface area contributed by atoms with Gasteiger partial charge in [-0.1, -0.05) is 13.8 Å². The van der Waals surface area contributed by atoms with Crippen molar-refractivity contribution < 1.29 is 4.79 Å². The second kappa shape index (κ2) is 6.83. The molecular weight excluding hydrogens is 302 g/mol. The predicted octanol–water partition coefficient (Wildman–Crippen LogP) is 2.24. The first kappa shape index (κ1) is 16.2. The summed E-state index contributed by atoms with van der Waals surface area (Å²) in [4.78, 5) is 22.8. The summed E-state index contributed by atoms with van der Waals surface area (Å²) in [5.74, 6) is 0.543. The van der Waals surface area contributed by atoms with Crippen molar-refractivity contribution in [2.75, 3.05) is 18.0 Å². The van der Waals surface area contributed by atoms with Crippen molar-refractivity contribution >= 4 is 22.6 Å². The molecule has 24 heavy (non-hydrogen) atoms. The Morgan fingerprint density at radius 3 is 2.79 bits per heavy atom. The molecule has 1 aromatic heterocycles. The van der Waals surface area contributed by atoms with Gasteiger partial charge in [0.2, 0.25) is 5.91 Å². The van der Waals surface area contributed by atoms with Gasteiger partial charge >= 0.3 is 0 Å². The van der Waals surface area contributed by atoms with Crippen LogP contribution < -0.4 is 10.2 Å². The van der Waals surface area contributed by atoms with Crippen molar-refractivity contribution in [3.05, 3.63) is 30.1 Å². The van der Waals surface area contributed by atoms with E-state index in [4.69, 9.17) is 0 Å². The first-order valence-electron chi connectivity index (χ1n) is 8.30. The van der Waals surface area contributed by atoms with E-state index in [0.29, 0.717) is 23.4 Å². The zero-order chi connectivity index (χ0) is 17.1. The smallest absolute Gasteiger partial charge is 0.219 e. The number of nitrogens with zero attached hydrogens (tertiary/aromatic N) is 4. The fourth-order valence-electron chi connectivity index (χ4n) is 3.37. The second-order valence-corrected chi connectivity index (χ2v) is 6.36. The van der Waals surface area contributed by atoms with Crippen molar-refractivity contribution in [2.24, 2.45) is 5.92 Å². The Kier molecular flexibility index (Phi) is 4.61. The molecule has 1 aromatic carbocycles. The molecule has 0 spiro atoms. The van der Waals surface area contributed by atoms with Gasteiger partial charge in [-0.05, 0) is 24.5 Å². The summed E-state index contributed by atoms with van der Waals surface area (Å²) < 4.78 is 0. The van der Waals surface area contributed by atoms with E-state index < -0.39 is 0 Å². The molecule has 1 amide bonds. The highest BCUT2D eigenvalue weighted by Crippen LogP contribution is 2.30. The topological polar surface area (TPSA) is 81.9 Å². The van der Waals surface area contributed by atoms with Crippen molar-refractivity contribution in [3.63, 3.8) is 0 Å². The van der Waals surface area contributed by atoms with Gasteiger partial charge in [-0.25, -0.2) is 0 Å². The molecule has 1 aliphatic rings. The van der Waals surface area contributed by atoms with Crippen LogP contribution in [0, 0.1) is 17.2 Å². The number of hydrogen-bond acceptors (Lipinski definition) is 5. The lowest BCUT2D eigenvalue weighted by molar-refractivity contribution is -0.121. The van der Waals surface area contributed by atoms with Gasteiger partial charge in [0, 0.05) is 37.9 Å². The number of fused-ring (bicyclic) bond motifs is 1. The zero-order valence-electron chi connectivity index (χ0n) is 14.0. The van der Waals surface area contributed by atoms with Gasteiger partial charge in [0.15, 0.2) is 0 Å². The molecule has 1 N–H and O–H groups in total. The predicted molar refractivity (Wildman–Crippen MR) is 92.5 cm³/mol. The molecule has 1 saturated heterocycles. The molecule has 0 aliphatic carbocycles. The molecule has 0 saturated carbocycles. The number of rotatable bonds is 3. The summed E-state index contributed by atoms with van der Waals surface area (Å²) in [5, 5.41) is 12.4. The largest absolute Gasteiger partial charge is 0.367 e. The van der Waals surface area contributed by atoms with Crippen LogP contribution >= 0.6 is 0 Å². The van der Waals surface area contributed by atoms with Gasteiger partial charge in [-0.3, -0.25) is 14.8 Å². The highest BCUT2D eigenvalue weighted by Gasteiger charge is 2.27. The van der Waals surface area contributed by atoms with Gasteiger partial charge in [0.25, 0.3) is 0 Å². The van der Waals surface area contributed by atoms with Crippen LogP contribution in [-0.2, 0) is 4.79 Å². The van der Waals surface area contributed by atoms with Crippen molar-refractivity contribution in [1.29, 1.82) is 5.26 Å². The number of benzene rings is 1. The van der Waals surface area contributed by atoms with Crippen LogP contribution in [0.25, 0.3) is 11.0 Å². The minimum atomic E-state index is 0.0820. The molecule has 6 heteroatoms. The van der Waals surface area contributed by atoms with Crippen LogP contribution in [0.2, 0.25) is 0 Å². The number of nitriles is 1. The molecule has 0 bridgehead atoms. The lowest BCUT2D eigenvalue weighted by Crippen LogP contribution is -2.50. The quantitative estimate of drug-likeness (QED) is 0.937. The number of aromatic nitrogens is 2. The minimum Gasteiger partial charge on any atom is -0.367 e. The van der Waals surface area contributed by atoms with E-state index in [0.717, 1.165) is 30.7 Å². The van der Waals surface area contributed by atoms with Gasteiger partial charge in [0.05, 0.1) is 11.3 Å². The third-order valence-electron chi connectivity index (χ3n) is 4.41. The number of nitrogens with one attached hydrogen (secondary N) is 1. The van der Waals surface area contributed by atoms with E-state index in [-0.39, 0.29) is 11.9 Å². The van der Waals surface area contributed by atoms with E-state index in [1.807, 2.05) is 13.0 Å². The number of amides is 1. The number of hydrogen-bond donors (Lipinski definition) is 1. The summed E-state index contributed by atoms with van der Waals surface area (Å²) in [5.41, 5.74) is 2.87. The lowest BCUT2D eigenvalue weighted by Gasteiger charge is -2.38. The summed E-state index contributed by atoms with van der Waals surface area (Å²) in [6.45, 7) is 5.70. The molecule has 6 nitrogen and oxygen atoms in total. The lowest BCUT2D eigenvalue weighted by atomic mass is 9.95. The molecule has 0 radical (unpaired) electrons. The third kappa shape index (κ3) is 3.16. The molecule has 2 aromatic rings. The minimum absolute atomic E-state index is 0.0820. The Labute approximate surface area is 141 Å². The van der Waals surface area contributed by atoms with Crippen molar-refractivity contribution in [1.82, 2.24) is 15.3 Å². The molecule has 3 rings (SSSR count). The maximum atomic E-state index is 11.7. The highest BCUT2D eigenvalue weighted by molar-refractivity contribution is 5.92. The second-order valence-electron chi connectivity index (χ2n) is 6.36. The van der Waals surface area contributed by atoms with Gasteiger partial charge in [-0.2, -0.15) is 5.26 Å². The van der Waals surface area contributed by atoms with Gasteiger partial charge < -0.3 is 10.2 Å². The van der Waals surface area contributed by atoms with Crippen molar-refractivity contribution in [2.45, 2.75) is 32.7 Å². The molecular formula is C18H21N5O. The third-order valence-corrected chi connectivity index (χ3v) is 4.41. The number of carbonyl (C=O) groups is 1. The number of piperidine rings is 1. The molecule has 2 heterocycles. The van der Waals surface area contributed by atoms with E-state index in [1.165, 1.54) is 0 Å². The molecule has 124 valence electrons. The highest BCUT2D eigenvalue weighted by atomic mass is 16.1. The maximum absolute atomic E-state index is 11.7. The Morgan fingerprint density at radius 1 is 1.33 bits per heavy atom. The summed E-state index contributed by atoms with van der Waals surface area (Å²) in [7, 11) is 0. The van der Waals surface area contributed by atoms with Crippen LogP contribution in [0.1, 0.15) is 32.3 Å². The first-order chi connectivity index (χ1) is 11.6. The van der Waals surface area contributed by atoms with Crippen LogP contribution in [-0.4, -0.2) is 35.0 Å². The number of anilines is 1. The fourth-order valence-corrected chi connectivity index (χ4v) is 3.37. The van der Waals surface area contributed by atoms with E-state index >= 15 is 0 Å². The monoisotopic (exact) mass is 323 g/mol. The molecule has 2 atom stereocenters. The Morgan fingerprint density at radius 2 is 2.08 bits per heavy atom. The van der Waals surface area contributed by atoms with Crippen LogP contribution in [0.15, 0.2) is 24.5 Å². The molecule has 0 unspecified atom stereocenters. The van der Waals surface area contributed by atoms with E-state index in [2.05, 4.69) is 33.2 Å². The maximum Gasteiger partial charge on any atom is 0.219 e. The Balaban J connectivity index is 1.95. The molecule has 1 aliphatic heterocycles. The van der Waals surface area contributed by atoms with E-state index in [9.17, 15) is 10.1 Å². The summed E-state index contributed by atoms with van der Waals surface area (Å²) in [6, 6.07) is 6.04. The Hall–Kier alpha value is -2.68. The standard InChI is InChI=1S/C18H21N5O/c1-3-16(24)22-14-8-12(2)10-23(11-14)15-5-4-13(9-19)17-18(15)21-7-6-20-17/h4-7,12,14H,3,8,10-11H2,1-2H3,(H,22,24)/t12-,14+/m0/s1. The SMILES string of the molecule is CCC(=O)N[C@@H]1C[C@H](C)CN(c2ccc(C#N)c3nccnc23)C1. The summed E-state index contributed by atoms with van der Waals surface area (Å²) in [6.07, 6.45) is 4.73. The van der Waals surface area contributed by atoms with E-state index in [1.54, 1.807) is 18.5 Å². The van der Waals surface area contributed by atoms with Crippen LogP contribution in [0.3, 0.4) is 0 Å². The average molecular weight is 323 g/mol. The Bertz CT molecular complexity index is 798. The normalized spacial score (nSPS) is 20.6. The zero-order valence-corrected chi connectivity index (χ0v) is 14.0. The van der Waals surface area contributed by atoms with Crippen LogP contribution in [0.5, 0.6) is 0 Å². The fraction of sp³-hybridized carbons (Fsp3) is 0.444. The summed E-state index contributed by atoms with van der Waals surface area (Å²) >= 11 is 0. The average Bonchev–Trinajstić information content (AvgIpc) is 2.60. The van der Waals surface area contributed by atoms with Crippen LogP contribution in [0.4, 0.5) is 5.69 Å². The number of carbonyl (C=O) groups excluding carboxylic acids is 1.